The van der Waals surface area contributed by atoms with Gasteiger partial charge in [-0.15, -0.1) is 0 Å². The van der Waals surface area contributed by atoms with E-state index in [1.54, 1.807) is 6.20 Å². The molecule has 0 spiro atoms. The molecule has 2 bridgehead atoms. The summed E-state index contributed by atoms with van der Waals surface area (Å²) in [6.45, 7) is 3.75. The van der Waals surface area contributed by atoms with Crippen molar-refractivity contribution in [1.82, 2.24) is 20.1 Å². The van der Waals surface area contributed by atoms with Crippen molar-refractivity contribution < 1.29 is 4.74 Å². The second-order valence-corrected chi connectivity index (χ2v) is 9.01. The summed E-state index contributed by atoms with van der Waals surface area (Å²) in [5, 5.41) is 8.15. The molecule has 3 aromatic rings. The highest BCUT2D eigenvalue weighted by molar-refractivity contribution is 5.75. The molecule has 3 aliphatic heterocycles. The molecular weight excluding hydrogens is 386 g/mol. The van der Waals surface area contributed by atoms with Gasteiger partial charge in [0.2, 0.25) is 5.88 Å². The molecule has 1 N–H and O–H groups in total. The average Bonchev–Trinajstić information content (AvgIpc) is 3.34. The number of rotatable bonds is 4. The van der Waals surface area contributed by atoms with Gasteiger partial charge in [0.25, 0.3) is 0 Å². The molecule has 31 heavy (non-hydrogen) atoms. The van der Waals surface area contributed by atoms with Crippen molar-refractivity contribution in [1.29, 1.82) is 0 Å². The predicted octanol–water partition coefficient (Wildman–Crippen LogP) is 4.33. The van der Waals surface area contributed by atoms with Gasteiger partial charge < -0.3 is 15.0 Å². The Morgan fingerprint density at radius 2 is 1.97 bits per heavy atom. The number of aromatic nitrogens is 3. The number of hydrogen-bond acceptors (Lipinski definition) is 5. The SMILES string of the molecule is CCN(c1ccc2c(n1)OCc1cc(-n3cccn3)ccc1-2)C1C[C@H]2CCC[C@@H](C1)N2. The number of nitrogens with zero attached hydrogens (tertiary/aromatic N) is 4. The standard InChI is InChI=1S/C25H29N5O/c1-2-29(21-14-18-5-3-6-19(15-21)27-18)24-10-9-23-22-8-7-20(30-12-4-11-26-30)13-17(22)16-31-25(23)28-24/h4,7-13,18-19,21,27H,2-3,5-6,14-16H2,1H3/t18-,19+,21?. The van der Waals surface area contributed by atoms with Crippen LogP contribution in [-0.4, -0.2) is 39.4 Å². The van der Waals surface area contributed by atoms with Crippen LogP contribution in [0.5, 0.6) is 5.88 Å². The molecule has 3 aliphatic rings. The molecule has 2 aromatic heterocycles. The Morgan fingerprint density at radius 3 is 2.74 bits per heavy atom. The van der Waals surface area contributed by atoms with E-state index in [-0.39, 0.29) is 0 Å². The topological polar surface area (TPSA) is 55.2 Å². The van der Waals surface area contributed by atoms with Crippen LogP contribution in [0.1, 0.15) is 44.6 Å². The van der Waals surface area contributed by atoms with Crippen molar-refractivity contribution in [3.05, 3.63) is 54.4 Å². The molecule has 0 saturated carbocycles. The summed E-state index contributed by atoms with van der Waals surface area (Å²) in [6.07, 6.45) is 10.2. The van der Waals surface area contributed by atoms with Crippen LogP contribution in [0.25, 0.3) is 16.8 Å². The van der Waals surface area contributed by atoms with Gasteiger partial charge in [-0.25, -0.2) is 4.68 Å². The molecule has 0 amide bonds. The quantitative estimate of drug-likeness (QED) is 0.688. The first-order chi connectivity index (χ1) is 15.3. The number of nitrogens with one attached hydrogen (secondary N) is 1. The first kappa shape index (κ1) is 18.9. The second kappa shape index (κ2) is 7.68. The fraction of sp³-hybridized carbons (Fsp3) is 0.440. The zero-order valence-corrected chi connectivity index (χ0v) is 18.0. The Kier molecular flexibility index (Phi) is 4.68. The molecule has 2 fully saturated rings. The van der Waals surface area contributed by atoms with E-state index >= 15 is 0 Å². The summed E-state index contributed by atoms with van der Waals surface area (Å²) in [5.74, 6) is 1.80. The Balaban J connectivity index is 1.29. The van der Waals surface area contributed by atoms with Gasteiger partial charge in [0, 0.05) is 42.6 Å². The fourth-order valence-corrected chi connectivity index (χ4v) is 5.68. The van der Waals surface area contributed by atoms with E-state index in [4.69, 9.17) is 9.72 Å². The van der Waals surface area contributed by atoms with Crippen molar-refractivity contribution in [2.24, 2.45) is 0 Å². The largest absolute Gasteiger partial charge is 0.472 e. The monoisotopic (exact) mass is 415 g/mol. The molecular formula is C25H29N5O. The van der Waals surface area contributed by atoms with Crippen molar-refractivity contribution in [2.45, 2.75) is 63.8 Å². The van der Waals surface area contributed by atoms with Gasteiger partial charge in [0.15, 0.2) is 0 Å². The lowest BCUT2D eigenvalue weighted by atomic mass is 9.83. The summed E-state index contributed by atoms with van der Waals surface area (Å²) in [5.41, 5.74) is 4.51. The lowest BCUT2D eigenvalue weighted by Crippen LogP contribution is -2.55. The highest BCUT2D eigenvalue weighted by atomic mass is 16.5. The fourth-order valence-electron chi connectivity index (χ4n) is 5.68. The first-order valence-corrected chi connectivity index (χ1v) is 11.6. The lowest BCUT2D eigenvalue weighted by Gasteiger charge is -2.44. The second-order valence-electron chi connectivity index (χ2n) is 9.01. The van der Waals surface area contributed by atoms with Crippen LogP contribution >= 0.6 is 0 Å². The minimum Gasteiger partial charge on any atom is -0.472 e. The highest BCUT2D eigenvalue weighted by Crippen LogP contribution is 2.39. The van der Waals surface area contributed by atoms with E-state index in [0.717, 1.165) is 29.5 Å². The van der Waals surface area contributed by atoms with Crippen LogP contribution in [0, 0.1) is 0 Å². The van der Waals surface area contributed by atoms with Crippen molar-refractivity contribution in [3.63, 3.8) is 0 Å². The molecule has 3 atom stereocenters. The zero-order valence-electron chi connectivity index (χ0n) is 18.0. The average molecular weight is 416 g/mol. The molecule has 0 radical (unpaired) electrons. The molecule has 1 unspecified atom stereocenters. The van der Waals surface area contributed by atoms with E-state index in [2.05, 4.69) is 52.6 Å². The molecule has 5 heterocycles. The number of piperidine rings is 2. The van der Waals surface area contributed by atoms with Gasteiger partial charge >= 0.3 is 0 Å². The van der Waals surface area contributed by atoms with Gasteiger partial charge in [-0.1, -0.05) is 12.5 Å². The summed E-state index contributed by atoms with van der Waals surface area (Å²) < 4.78 is 8.02. The number of benzene rings is 1. The van der Waals surface area contributed by atoms with E-state index in [1.165, 1.54) is 43.2 Å². The van der Waals surface area contributed by atoms with Crippen LogP contribution in [0.2, 0.25) is 0 Å². The predicted molar refractivity (Wildman–Crippen MR) is 122 cm³/mol. The molecule has 6 nitrogen and oxygen atoms in total. The van der Waals surface area contributed by atoms with Crippen LogP contribution in [0.4, 0.5) is 5.82 Å². The summed E-state index contributed by atoms with van der Waals surface area (Å²) >= 11 is 0. The van der Waals surface area contributed by atoms with Crippen LogP contribution < -0.4 is 15.0 Å². The van der Waals surface area contributed by atoms with Crippen molar-refractivity contribution in [2.75, 3.05) is 11.4 Å². The number of fused-ring (bicyclic) bond motifs is 5. The Labute approximate surface area is 183 Å². The third-order valence-corrected chi connectivity index (χ3v) is 7.12. The van der Waals surface area contributed by atoms with Crippen LogP contribution in [0.15, 0.2) is 48.8 Å². The number of hydrogen-bond donors (Lipinski definition) is 1. The Bertz CT molecular complexity index is 1070. The number of anilines is 1. The van der Waals surface area contributed by atoms with E-state index in [0.29, 0.717) is 24.7 Å². The maximum Gasteiger partial charge on any atom is 0.223 e. The zero-order chi connectivity index (χ0) is 20.8. The smallest absolute Gasteiger partial charge is 0.223 e. The van der Waals surface area contributed by atoms with Crippen molar-refractivity contribution >= 4 is 5.82 Å². The Morgan fingerprint density at radius 1 is 1.13 bits per heavy atom. The molecule has 2 saturated heterocycles. The molecule has 6 heteroatoms. The normalized spacial score (nSPS) is 24.1. The lowest BCUT2D eigenvalue weighted by molar-refractivity contribution is 0.216. The van der Waals surface area contributed by atoms with Gasteiger partial charge in [-0.05, 0) is 74.1 Å². The third kappa shape index (κ3) is 3.39. The molecule has 160 valence electrons. The highest BCUT2D eigenvalue weighted by Gasteiger charge is 2.34. The maximum absolute atomic E-state index is 6.14. The minimum absolute atomic E-state index is 0.539. The summed E-state index contributed by atoms with van der Waals surface area (Å²) in [6, 6.07) is 14.6. The van der Waals surface area contributed by atoms with Crippen LogP contribution in [-0.2, 0) is 6.61 Å². The van der Waals surface area contributed by atoms with E-state index in [9.17, 15) is 0 Å². The summed E-state index contributed by atoms with van der Waals surface area (Å²) in [7, 11) is 0. The molecule has 0 aliphatic carbocycles. The first-order valence-electron chi connectivity index (χ1n) is 11.6. The van der Waals surface area contributed by atoms with E-state index in [1.807, 2.05) is 16.9 Å². The Hall–Kier alpha value is -2.86. The van der Waals surface area contributed by atoms with Gasteiger partial charge in [-0.3, -0.25) is 0 Å². The molecule has 6 rings (SSSR count). The number of ether oxygens (including phenoxy) is 1. The van der Waals surface area contributed by atoms with Gasteiger partial charge in [0.1, 0.15) is 12.4 Å². The van der Waals surface area contributed by atoms with Crippen molar-refractivity contribution in [3.8, 4) is 22.7 Å². The number of pyridine rings is 1. The van der Waals surface area contributed by atoms with Gasteiger partial charge in [0.05, 0.1) is 5.69 Å². The van der Waals surface area contributed by atoms with Gasteiger partial charge in [-0.2, -0.15) is 10.1 Å². The van der Waals surface area contributed by atoms with Crippen LogP contribution in [0.3, 0.4) is 0 Å². The molecule has 1 aromatic carbocycles. The van der Waals surface area contributed by atoms with E-state index < -0.39 is 0 Å². The minimum atomic E-state index is 0.539. The summed E-state index contributed by atoms with van der Waals surface area (Å²) in [4.78, 5) is 7.48. The maximum atomic E-state index is 6.14. The third-order valence-electron chi connectivity index (χ3n) is 7.12.